The lowest BCUT2D eigenvalue weighted by molar-refractivity contribution is -0.121. The van der Waals surface area contributed by atoms with Crippen LogP contribution in [-0.2, 0) is 4.79 Å². The lowest BCUT2D eigenvalue weighted by Gasteiger charge is -2.31. The maximum atomic E-state index is 12.6. The van der Waals surface area contributed by atoms with Crippen LogP contribution < -0.4 is 10.6 Å². The highest BCUT2D eigenvalue weighted by atomic mass is 16.2. The fraction of sp³-hybridized carbons (Fsp3) is 0.421. The Morgan fingerprint density at radius 2 is 1.80 bits per heavy atom. The first-order chi connectivity index (χ1) is 12.2. The molecule has 1 aliphatic heterocycles. The quantitative estimate of drug-likeness (QED) is 0.904. The molecule has 25 heavy (non-hydrogen) atoms. The summed E-state index contributed by atoms with van der Waals surface area (Å²) in [5, 5.41) is 7.03. The minimum Gasteiger partial charge on any atom is -0.335 e. The number of fused-ring (bicyclic) bond motifs is 1. The van der Waals surface area contributed by atoms with Gasteiger partial charge in [-0.05, 0) is 37.8 Å². The fourth-order valence-electron chi connectivity index (χ4n) is 3.28. The molecule has 3 amide bonds. The molecule has 0 unspecified atom stereocenters. The normalized spacial score (nSPS) is 18.2. The first-order valence-electron chi connectivity index (χ1n) is 8.91. The molecule has 2 aromatic rings. The fourth-order valence-corrected chi connectivity index (χ4v) is 3.28. The van der Waals surface area contributed by atoms with Crippen molar-refractivity contribution in [1.82, 2.24) is 15.2 Å². The Kier molecular flexibility index (Phi) is 4.26. The van der Waals surface area contributed by atoms with Gasteiger partial charge in [0.2, 0.25) is 5.91 Å². The second kappa shape index (κ2) is 6.70. The Morgan fingerprint density at radius 1 is 1.04 bits per heavy atom. The molecule has 1 aromatic carbocycles. The highest BCUT2D eigenvalue weighted by Crippen LogP contribution is 2.24. The van der Waals surface area contributed by atoms with E-state index in [9.17, 15) is 9.59 Å². The Balaban J connectivity index is 1.36. The molecule has 2 fully saturated rings. The number of likely N-dealkylation sites (tertiary alicyclic amines) is 1. The number of carbonyl (C=O) groups excluding carboxylic acids is 2. The van der Waals surface area contributed by atoms with Gasteiger partial charge in [0.05, 0.1) is 11.2 Å². The van der Waals surface area contributed by atoms with Crippen LogP contribution in [0.5, 0.6) is 0 Å². The number of aromatic nitrogens is 1. The molecule has 6 nitrogen and oxygen atoms in total. The Labute approximate surface area is 146 Å². The molecule has 0 bridgehead atoms. The van der Waals surface area contributed by atoms with Crippen LogP contribution in [0.4, 0.5) is 10.5 Å². The van der Waals surface area contributed by atoms with Gasteiger partial charge in [0.1, 0.15) is 0 Å². The molecule has 1 aliphatic carbocycles. The molecule has 1 saturated heterocycles. The van der Waals surface area contributed by atoms with Gasteiger partial charge in [-0.25, -0.2) is 4.79 Å². The van der Waals surface area contributed by atoms with Gasteiger partial charge in [-0.3, -0.25) is 9.78 Å². The van der Waals surface area contributed by atoms with E-state index < -0.39 is 0 Å². The van der Waals surface area contributed by atoms with Crippen molar-refractivity contribution in [3.63, 3.8) is 0 Å². The number of nitrogens with one attached hydrogen (secondary N) is 2. The summed E-state index contributed by atoms with van der Waals surface area (Å²) in [4.78, 5) is 30.9. The number of piperidine rings is 1. The van der Waals surface area contributed by atoms with Crippen LogP contribution in [0.25, 0.3) is 10.9 Å². The van der Waals surface area contributed by atoms with Gasteiger partial charge in [0, 0.05) is 36.6 Å². The highest BCUT2D eigenvalue weighted by molar-refractivity contribution is 6.01. The molecule has 0 spiro atoms. The predicted octanol–water partition coefficient (Wildman–Crippen LogP) is 2.76. The van der Waals surface area contributed by atoms with E-state index in [1.54, 1.807) is 6.20 Å². The van der Waals surface area contributed by atoms with Crippen LogP contribution in [0.15, 0.2) is 36.5 Å². The summed E-state index contributed by atoms with van der Waals surface area (Å²) in [6.07, 6.45) is 5.30. The standard InChI is InChI=1S/C19H22N4O2/c24-18(22-16-5-1-3-13-4-2-10-20-17(13)16)14-8-11-23(12-9-14)19(25)21-15-6-7-15/h1-5,10,14-15H,6-9,11-12H2,(H,21,25)(H,22,24). The molecule has 2 heterocycles. The lowest BCUT2D eigenvalue weighted by Crippen LogP contribution is -2.46. The molecular formula is C19H22N4O2. The number of amides is 3. The van der Waals surface area contributed by atoms with E-state index in [1.165, 1.54) is 0 Å². The zero-order valence-electron chi connectivity index (χ0n) is 14.1. The van der Waals surface area contributed by atoms with Crippen molar-refractivity contribution in [2.75, 3.05) is 18.4 Å². The molecule has 0 atom stereocenters. The summed E-state index contributed by atoms with van der Waals surface area (Å²) in [5.74, 6) is -0.0515. The smallest absolute Gasteiger partial charge is 0.317 e. The zero-order valence-corrected chi connectivity index (χ0v) is 14.1. The molecule has 1 aromatic heterocycles. The summed E-state index contributed by atoms with van der Waals surface area (Å²) in [6, 6.07) is 10.0. The van der Waals surface area contributed by atoms with Crippen molar-refractivity contribution >= 4 is 28.5 Å². The van der Waals surface area contributed by atoms with Crippen LogP contribution in [0, 0.1) is 5.92 Å². The van der Waals surface area contributed by atoms with Gasteiger partial charge in [0.15, 0.2) is 0 Å². The molecular weight excluding hydrogens is 316 g/mol. The van der Waals surface area contributed by atoms with Crippen molar-refractivity contribution < 1.29 is 9.59 Å². The third-order valence-electron chi connectivity index (χ3n) is 4.95. The maximum absolute atomic E-state index is 12.6. The van der Waals surface area contributed by atoms with Gasteiger partial charge < -0.3 is 15.5 Å². The van der Waals surface area contributed by atoms with Crippen molar-refractivity contribution in [3.05, 3.63) is 36.5 Å². The number of pyridine rings is 1. The first kappa shape index (κ1) is 15.9. The molecule has 6 heteroatoms. The van der Waals surface area contributed by atoms with Gasteiger partial charge >= 0.3 is 6.03 Å². The highest BCUT2D eigenvalue weighted by Gasteiger charge is 2.30. The second-order valence-electron chi connectivity index (χ2n) is 6.86. The summed E-state index contributed by atoms with van der Waals surface area (Å²) in [7, 11) is 0. The SMILES string of the molecule is O=C(Nc1cccc2cccnc12)C1CCN(C(=O)NC2CC2)CC1. The topological polar surface area (TPSA) is 74.3 Å². The van der Waals surface area contributed by atoms with Gasteiger partial charge in [-0.2, -0.15) is 0 Å². The molecule has 0 radical (unpaired) electrons. The van der Waals surface area contributed by atoms with E-state index in [0.29, 0.717) is 32.0 Å². The zero-order chi connectivity index (χ0) is 17.2. The third kappa shape index (κ3) is 3.57. The van der Waals surface area contributed by atoms with Crippen LogP contribution >= 0.6 is 0 Å². The summed E-state index contributed by atoms with van der Waals surface area (Å²) < 4.78 is 0. The van der Waals surface area contributed by atoms with Crippen LogP contribution in [-0.4, -0.2) is 41.0 Å². The van der Waals surface area contributed by atoms with Crippen LogP contribution in [0.2, 0.25) is 0 Å². The van der Waals surface area contributed by atoms with E-state index >= 15 is 0 Å². The largest absolute Gasteiger partial charge is 0.335 e. The summed E-state index contributed by atoms with van der Waals surface area (Å²) in [5.41, 5.74) is 1.55. The van der Waals surface area contributed by atoms with Crippen molar-refractivity contribution in [1.29, 1.82) is 0 Å². The van der Waals surface area contributed by atoms with E-state index in [4.69, 9.17) is 0 Å². The first-order valence-corrected chi connectivity index (χ1v) is 8.91. The Hall–Kier alpha value is -2.63. The monoisotopic (exact) mass is 338 g/mol. The minimum absolute atomic E-state index is 0.0135. The van der Waals surface area contributed by atoms with Crippen LogP contribution in [0.3, 0.4) is 0 Å². The minimum atomic E-state index is -0.0658. The number of carbonyl (C=O) groups is 2. The molecule has 1 saturated carbocycles. The summed E-state index contributed by atoms with van der Waals surface area (Å²) >= 11 is 0. The Morgan fingerprint density at radius 3 is 2.56 bits per heavy atom. The van der Waals surface area contributed by atoms with Gasteiger partial charge in [0.25, 0.3) is 0 Å². The van der Waals surface area contributed by atoms with Crippen molar-refractivity contribution in [2.45, 2.75) is 31.7 Å². The van der Waals surface area contributed by atoms with Crippen LogP contribution in [0.1, 0.15) is 25.7 Å². The predicted molar refractivity (Wildman–Crippen MR) is 96.2 cm³/mol. The molecule has 4 rings (SSSR count). The molecule has 2 N–H and O–H groups in total. The Bertz CT molecular complexity index is 790. The number of benzene rings is 1. The van der Waals surface area contributed by atoms with E-state index in [-0.39, 0.29) is 17.9 Å². The number of urea groups is 1. The third-order valence-corrected chi connectivity index (χ3v) is 4.95. The average molecular weight is 338 g/mol. The maximum Gasteiger partial charge on any atom is 0.317 e. The number of rotatable bonds is 3. The molecule has 2 aliphatic rings. The van der Waals surface area contributed by atoms with E-state index in [1.807, 2.05) is 35.2 Å². The van der Waals surface area contributed by atoms with E-state index in [2.05, 4.69) is 15.6 Å². The number of para-hydroxylation sites is 1. The number of anilines is 1. The molecule has 130 valence electrons. The second-order valence-corrected chi connectivity index (χ2v) is 6.86. The van der Waals surface area contributed by atoms with Crippen molar-refractivity contribution in [3.8, 4) is 0 Å². The van der Waals surface area contributed by atoms with Gasteiger partial charge in [-0.15, -0.1) is 0 Å². The number of hydrogen-bond acceptors (Lipinski definition) is 3. The summed E-state index contributed by atoms with van der Waals surface area (Å²) in [6.45, 7) is 1.26. The average Bonchev–Trinajstić information content (AvgIpc) is 3.46. The van der Waals surface area contributed by atoms with Crippen molar-refractivity contribution in [2.24, 2.45) is 5.92 Å². The van der Waals surface area contributed by atoms with E-state index in [0.717, 1.165) is 29.4 Å². The number of hydrogen-bond donors (Lipinski definition) is 2. The lowest BCUT2D eigenvalue weighted by atomic mass is 9.96. The van der Waals surface area contributed by atoms with Gasteiger partial charge in [-0.1, -0.05) is 18.2 Å². The number of nitrogens with zero attached hydrogens (tertiary/aromatic N) is 2.